The number of nitriles is 1. The molecule has 134 valence electrons. The Morgan fingerprint density at radius 1 is 1.11 bits per heavy atom. The zero-order valence-electron chi connectivity index (χ0n) is 15.4. The van der Waals surface area contributed by atoms with Gasteiger partial charge in [-0.2, -0.15) is 5.26 Å². The molecule has 2 aromatic carbocycles. The Kier molecular flexibility index (Phi) is 5.49. The van der Waals surface area contributed by atoms with Gasteiger partial charge in [0, 0.05) is 16.6 Å². The summed E-state index contributed by atoms with van der Waals surface area (Å²) in [5.74, 6) is -0.431. The predicted octanol–water partition coefficient (Wildman–Crippen LogP) is 5.28. The third kappa shape index (κ3) is 4.30. The first kappa shape index (κ1) is 18.6. The monoisotopic (exact) mass is 373 g/mol. The number of aryl methyl sites for hydroxylation is 3. The van der Waals surface area contributed by atoms with E-state index >= 15 is 0 Å². The number of carbonyl (C=O) groups excluding carboxylic acids is 1. The van der Waals surface area contributed by atoms with E-state index in [1.54, 1.807) is 0 Å². The van der Waals surface area contributed by atoms with Crippen LogP contribution < -0.4 is 5.32 Å². The van der Waals surface area contributed by atoms with E-state index in [1.165, 1.54) is 23.0 Å². The van der Waals surface area contributed by atoms with E-state index in [0.717, 1.165) is 27.4 Å². The highest BCUT2D eigenvalue weighted by Gasteiger charge is 2.13. The first-order valence-electron chi connectivity index (χ1n) is 8.50. The molecule has 0 saturated heterocycles. The summed E-state index contributed by atoms with van der Waals surface area (Å²) in [5.41, 5.74) is 5.48. The lowest BCUT2D eigenvalue weighted by Gasteiger charge is -2.10. The maximum Gasteiger partial charge on any atom is 0.266 e. The molecule has 0 fully saturated rings. The van der Waals surface area contributed by atoms with Gasteiger partial charge in [0.05, 0.1) is 5.69 Å². The molecule has 1 heterocycles. The first-order valence-corrected chi connectivity index (χ1v) is 9.38. The number of nitrogens with zero attached hydrogens (tertiary/aromatic N) is 2. The molecule has 4 nitrogen and oxygen atoms in total. The average Bonchev–Trinajstić information content (AvgIpc) is 3.12. The molecule has 0 saturated carbocycles. The molecule has 1 N–H and O–H groups in total. The molecule has 1 aromatic heterocycles. The van der Waals surface area contributed by atoms with Crippen LogP contribution in [0.25, 0.3) is 16.6 Å². The van der Waals surface area contributed by atoms with Crippen LogP contribution in [-0.2, 0) is 4.79 Å². The number of aromatic nitrogens is 1. The van der Waals surface area contributed by atoms with Gasteiger partial charge >= 0.3 is 0 Å². The lowest BCUT2D eigenvalue weighted by Crippen LogP contribution is -2.15. The molecule has 0 atom stereocenters. The molecule has 5 heteroatoms. The Balaban J connectivity index is 1.83. The van der Waals surface area contributed by atoms with Gasteiger partial charge in [0.25, 0.3) is 5.91 Å². The van der Waals surface area contributed by atoms with Crippen molar-refractivity contribution in [1.29, 1.82) is 5.26 Å². The Labute approximate surface area is 162 Å². The molecule has 0 aliphatic heterocycles. The summed E-state index contributed by atoms with van der Waals surface area (Å²) < 4.78 is 0. The fourth-order valence-electron chi connectivity index (χ4n) is 2.67. The third-order valence-corrected chi connectivity index (χ3v) is 5.11. The van der Waals surface area contributed by atoms with Crippen molar-refractivity contribution >= 4 is 29.0 Å². The van der Waals surface area contributed by atoms with Crippen molar-refractivity contribution in [3.8, 4) is 16.6 Å². The van der Waals surface area contributed by atoms with Crippen molar-refractivity contribution in [3.05, 3.63) is 75.8 Å². The quantitative estimate of drug-likeness (QED) is 0.500. The molecule has 3 aromatic rings. The smallest absolute Gasteiger partial charge is 0.266 e. The summed E-state index contributed by atoms with van der Waals surface area (Å²) in [6.07, 6.45) is 1.52. The van der Waals surface area contributed by atoms with Crippen molar-refractivity contribution in [2.24, 2.45) is 0 Å². The van der Waals surface area contributed by atoms with Crippen LogP contribution in [0.4, 0.5) is 5.69 Å². The lowest BCUT2D eigenvalue weighted by atomic mass is 10.1. The van der Waals surface area contributed by atoms with Crippen LogP contribution in [0.5, 0.6) is 0 Å². The summed E-state index contributed by atoms with van der Waals surface area (Å²) in [7, 11) is 0. The molecular weight excluding hydrogens is 354 g/mol. The van der Waals surface area contributed by atoms with Crippen LogP contribution in [0, 0.1) is 32.1 Å². The van der Waals surface area contributed by atoms with E-state index < -0.39 is 5.91 Å². The number of nitrogens with one attached hydrogen (secondary N) is 1. The standard InChI is InChI=1S/C22H19N3OS/c1-14-7-9-17(10-8-14)22-24-19(13-27-22)11-18(12-23)21(26)25-20-15(2)5-4-6-16(20)3/h4-11,13H,1-3H3,(H,25,26)/b18-11+. The van der Waals surface area contributed by atoms with Crippen LogP contribution in [0.1, 0.15) is 22.4 Å². The highest BCUT2D eigenvalue weighted by atomic mass is 32.1. The third-order valence-electron chi connectivity index (χ3n) is 4.20. The summed E-state index contributed by atoms with van der Waals surface area (Å²) in [6, 6.07) is 15.9. The molecule has 0 aliphatic rings. The van der Waals surface area contributed by atoms with Gasteiger partial charge in [-0.15, -0.1) is 11.3 Å². The van der Waals surface area contributed by atoms with Gasteiger partial charge in [-0.25, -0.2) is 4.98 Å². The molecular formula is C22H19N3OS. The van der Waals surface area contributed by atoms with Crippen LogP contribution in [0.3, 0.4) is 0 Å². The molecule has 0 aliphatic carbocycles. The van der Waals surface area contributed by atoms with E-state index in [2.05, 4.69) is 10.3 Å². The van der Waals surface area contributed by atoms with E-state index in [4.69, 9.17) is 0 Å². The van der Waals surface area contributed by atoms with Gasteiger partial charge in [0.15, 0.2) is 0 Å². The van der Waals surface area contributed by atoms with Gasteiger partial charge < -0.3 is 5.32 Å². The van der Waals surface area contributed by atoms with E-state index in [1.807, 2.05) is 74.7 Å². The number of carbonyl (C=O) groups is 1. The zero-order chi connectivity index (χ0) is 19.4. The van der Waals surface area contributed by atoms with Gasteiger partial charge in [0.2, 0.25) is 0 Å². The summed E-state index contributed by atoms with van der Waals surface area (Å²) in [6.45, 7) is 5.88. The molecule has 3 rings (SSSR count). The Morgan fingerprint density at radius 2 is 1.78 bits per heavy atom. The normalized spacial score (nSPS) is 11.1. The maximum absolute atomic E-state index is 12.5. The number of rotatable bonds is 4. The van der Waals surface area contributed by atoms with Crippen molar-refractivity contribution in [2.45, 2.75) is 20.8 Å². The average molecular weight is 373 g/mol. The van der Waals surface area contributed by atoms with Gasteiger partial charge in [0.1, 0.15) is 16.6 Å². The summed E-state index contributed by atoms with van der Waals surface area (Å²) in [5, 5.41) is 15.0. The topological polar surface area (TPSA) is 65.8 Å². The predicted molar refractivity (Wildman–Crippen MR) is 110 cm³/mol. The molecule has 0 unspecified atom stereocenters. The minimum Gasteiger partial charge on any atom is -0.321 e. The largest absolute Gasteiger partial charge is 0.321 e. The fraction of sp³-hybridized carbons (Fsp3) is 0.136. The minimum absolute atomic E-state index is 0.0263. The lowest BCUT2D eigenvalue weighted by molar-refractivity contribution is -0.112. The number of amides is 1. The zero-order valence-corrected chi connectivity index (χ0v) is 16.2. The highest BCUT2D eigenvalue weighted by molar-refractivity contribution is 7.13. The molecule has 27 heavy (non-hydrogen) atoms. The van der Waals surface area contributed by atoms with Gasteiger partial charge in [-0.05, 0) is 38.0 Å². The van der Waals surface area contributed by atoms with Crippen LogP contribution in [-0.4, -0.2) is 10.9 Å². The number of hydrogen-bond donors (Lipinski definition) is 1. The number of para-hydroxylation sites is 1. The van der Waals surface area contributed by atoms with Crippen molar-refractivity contribution in [1.82, 2.24) is 4.98 Å². The number of benzene rings is 2. The second-order valence-corrected chi connectivity index (χ2v) is 7.19. The van der Waals surface area contributed by atoms with Gasteiger partial charge in [-0.1, -0.05) is 48.0 Å². The summed E-state index contributed by atoms with van der Waals surface area (Å²) >= 11 is 1.48. The molecule has 0 bridgehead atoms. The van der Waals surface area contributed by atoms with Crippen molar-refractivity contribution in [2.75, 3.05) is 5.32 Å². The second-order valence-electron chi connectivity index (χ2n) is 6.33. The minimum atomic E-state index is -0.431. The Hall–Kier alpha value is -3.23. The van der Waals surface area contributed by atoms with Crippen LogP contribution in [0.2, 0.25) is 0 Å². The van der Waals surface area contributed by atoms with Crippen LogP contribution >= 0.6 is 11.3 Å². The maximum atomic E-state index is 12.5. The molecule has 0 spiro atoms. The van der Waals surface area contributed by atoms with E-state index in [0.29, 0.717) is 5.69 Å². The Bertz CT molecular complexity index is 1040. The first-order chi connectivity index (χ1) is 13.0. The Morgan fingerprint density at radius 3 is 2.41 bits per heavy atom. The number of thiazole rings is 1. The van der Waals surface area contributed by atoms with Crippen molar-refractivity contribution in [3.63, 3.8) is 0 Å². The number of hydrogen-bond acceptors (Lipinski definition) is 4. The fourth-order valence-corrected chi connectivity index (χ4v) is 3.45. The molecule has 0 radical (unpaired) electrons. The highest BCUT2D eigenvalue weighted by Crippen LogP contribution is 2.25. The van der Waals surface area contributed by atoms with E-state index in [-0.39, 0.29) is 5.57 Å². The number of anilines is 1. The summed E-state index contributed by atoms with van der Waals surface area (Å²) in [4.78, 5) is 17.1. The van der Waals surface area contributed by atoms with Crippen LogP contribution in [0.15, 0.2) is 53.4 Å². The SMILES string of the molecule is Cc1ccc(-c2nc(/C=C(\C#N)C(=O)Nc3c(C)cccc3C)cs2)cc1. The molecule has 1 amide bonds. The van der Waals surface area contributed by atoms with Gasteiger partial charge in [-0.3, -0.25) is 4.79 Å². The van der Waals surface area contributed by atoms with Crippen molar-refractivity contribution < 1.29 is 4.79 Å². The van der Waals surface area contributed by atoms with E-state index in [9.17, 15) is 10.1 Å². The second kappa shape index (κ2) is 7.98.